The smallest absolute Gasteiger partial charge is 0.308 e. The zero-order valence-corrected chi connectivity index (χ0v) is 14.3. The number of primary amides is 1. The van der Waals surface area contributed by atoms with Crippen LogP contribution < -0.4 is 11.1 Å². The Kier molecular flexibility index (Phi) is 6.11. The SMILES string of the molecule is CCOC(=O)[C@@H](C)C[C@@H](NC(=O)c1ccc2ccccc2c1)C(N)=O. The number of nitrogens with one attached hydrogen (secondary N) is 1. The Morgan fingerprint density at radius 1 is 1.12 bits per heavy atom. The molecule has 0 bridgehead atoms. The molecule has 0 spiro atoms. The summed E-state index contributed by atoms with van der Waals surface area (Å²) < 4.78 is 4.92. The number of nitrogens with two attached hydrogens (primary N) is 1. The van der Waals surface area contributed by atoms with Gasteiger partial charge in [-0.05, 0) is 36.2 Å². The molecule has 0 aliphatic rings. The maximum Gasteiger partial charge on any atom is 0.308 e. The van der Waals surface area contributed by atoms with Gasteiger partial charge in [-0.2, -0.15) is 0 Å². The Hall–Kier alpha value is -2.89. The average molecular weight is 342 g/mol. The summed E-state index contributed by atoms with van der Waals surface area (Å²) in [4.78, 5) is 35.8. The first kappa shape index (κ1) is 18.4. The summed E-state index contributed by atoms with van der Waals surface area (Å²) in [5, 5.41) is 4.54. The summed E-state index contributed by atoms with van der Waals surface area (Å²) in [5.41, 5.74) is 5.80. The Morgan fingerprint density at radius 2 is 1.80 bits per heavy atom. The molecule has 3 N–H and O–H groups in total. The highest BCUT2D eigenvalue weighted by Crippen LogP contribution is 2.16. The molecule has 132 valence electrons. The second-order valence-corrected chi connectivity index (χ2v) is 5.88. The molecule has 0 fully saturated rings. The molecular weight excluding hydrogens is 320 g/mol. The number of fused-ring (bicyclic) bond motifs is 1. The van der Waals surface area contributed by atoms with E-state index in [2.05, 4.69) is 5.32 Å². The van der Waals surface area contributed by atoms with Crippen molar-refractivity contribution in [3.05, 3.63) is 48.0 Å². The molecule has 6 heteroatoms. The molecule has 25 heavy (non-hydrogen) atoms. The van der Waals surface area contributed by atoms with Gasteiger partial charge in [0.1, 0.15) is 6.04 Å². The average Bonchev–Trinajstić information content (AvgIpc) is 2.60. The number of esters is 1. The molecular formula is C19H22N2O4. The van der Waals surface area contributed by atoms with Crippen molar-refractivity contribution in [2.75, 3.05) is 6.61 Å². The van der Waals surface area contributed by atoms with Gasteiger partial charge in [0.25, 0.3) is 5.91 Å². The predicted octanol–water partition coefficient (Wildman–Crippen LogP) is 2.01. The highest BCUT2D eigenvalue weighted by Gasteiger charge is 2.25. The molecule has 2 amide bonds. The van der Waals surface area contributed by atoms with Gasteiger partial charge < -0.3 is 15.8 Å². The molecule has 0 saturated carbocycles. The number of hydrogen-bond acceptors (Lipinski definition) is 4. The van der Waals surface area contributed by atoms with E-state index in [0.29, 0.717) is 5.56 Å². The Balaban J connectivity index is 2.10. The van der Waals surface area contributed by atoms with Gasteiger partial charge in [0.05, 0.1) is 12.5 Å². The van der Waals surface area contributed by atoms with Crippen LogP contribution in [-0.2, 0) is 14.3 Å². The first-order chi connectivity index (χ1) is 11.9. The van der Waals surface area contributed by atoms with Crippen LogP contribution in [0.25, 0.3) is 10.8 Å². The van der Waals surface area contributed by atoms with Gasteiger partial charge >= 0.3 is 5.97 Å². The van der Waals surface area contributed by atoms with Crippen molar-refractivity contribution in [3.8, 4) is 0 Å². The number of amides is 2. The second-order valence-electron chi connectivity index (χ2n) is 5.88. The van der Waals surface area contributed by atoms with Gasteiger partial charge in [-0.25, -0.2) is 0 Å². The van der Waals surface area contributed by atoms with Gasteiger partial charge in [-0.15, -0.1) is 0 Å². The number of ether oxygens (including phenoxy) is 1. The van der Waals surface area contributed by atoms with E-state index < -0.39 is 29.7 Å². The first-order valence-electron chi connectivity index (χ1n) is 8.18. The van der Waals surface area contributed by atoms with Crippen LogP contribution in [0.3, 0.4) is 0 Å². The van der Waals surface area contributed by atoms with Crippen molar-refractivity contribution in [1.29, 1.82) is 0 Å². The molecule has 2 aromatic carbocycles. The molecule has 0 radical (unpaired) electrons. The number of benzene rings is 2. The highest BCUT2D eigenvalue weighted by molar-refractivity contribution is 6.00. The minimum atomic E-state index is -0.946. The normalized spacial score (nSPS) is 13.0. The van der Waals surface area contributed by atoms with E-state index in [1.807, 2.05) is 30.3 Å². The zero-order valence-electron chi connectivity index (χ0n) is 14.3. The third-order valence-electron chi connectivity index (χ3n) is 3.94. The van der Waals surface area contributed by atoms with E-state index in [1.54, 1.807) is 26.0 Å². The molecule has 6 nitrogen and oxygen atoms in total. The van der Waals surface area contributed by atoms with Crippen molar-refractivity contribution in [1.82, 2.24) is 5.32 Å². The third kappa shape index (κ3) is 4.79. The van der Waals surface area contributed by atoms with Crippen LogP contribution in [0.4, 0.5) is 0 Å². The maximum atomic E-state index is 12.4. The Bertz CT molecular complexity index is 788. The van der Waals surface area contributed by atoms with Gasteiger partial charge in [0.15, 0.2) is 0 Å². The van der Waals surface area contributed by atoms with Crippen LogP contribution in [0.5, 0.6) is 0 Å². The van der Waals surface area contributed by atoms with E-state index in [-0.39, 0.29) is 13.0 Å². The molecule has 2 aromatic rings. The largest absolute Gasteiger partial charge is 0.466 e. The first-order valence-corrected chi connectivity index (χ1v) is 8.18. The fourth-order valence-electron chi connectivity index (χ4n) is 2.55. The van der Waals surface area contributed by atoms with Gasteiger partial charge in [-0.1, -0.05) is 37.3 Å². The van der Waals surface area contributed by atoms with E-state index >= 15 is 0 Å². The third-order valence-corrected chi connectivity index (χ3v) is 3.94. The summed E-state index contributed by atoms with van der Waals surface area (Å²) in [6, 6.07) is 12.0. The fraction of sp³-hybridized carbons (Fsp3) is 0.316. The number of carbonyl (C=O) groups is 3. The fourth-order valence-corrected chi connectivity index (χ4v) is 2.55. The van der Waals surface area contributed by atoms with Crippen LogP contribution >= 0.6 is 0 Å². The maximum absolute atomic E-state index is 12.4. The molecule has 0 unspecified atom stereocenters. The lowest BCUT2D eigenvalue weighted by Crippen LogP contribution is -2.46. The Morgan fingerprint density at radius 3 is 2.44 bits per heavy atom. The molecule has 0 saturated heterocycles. The minimum absolute atomic E-state index is 0.0908. The molecule has 2 rings (SSSR count). The second kappa shape index (κ2) is 8.28. The predicted molar refractivity (Wildman–Crippen MR) is 94.8 cm³/mol. The van der Waals surface area contributed by atoms with Crippen molar-refractivity contribution in [2.45, 2.75) is 26.3 Å². The summed E-state index contributed by atoms with van der Waals surface area (Å²) in [6.07, 6.45) is 0.0908. The summed E-state index contributed by atoms with van der Waals surface area (Å²) in [5.74, 6) is -2.07. The monoisotopic (exact) mass is 342 g/mol. The summed E-state index contributed by atoms with van der Waals surface area (Å²) in [6.45, 7) is 3.60. The van der Waals surface area contributed by atoms with Crippen LogP contribution in [0.1, 0.15) is 30.6 Å². The minimum Gasteiger partial charge on any atom is -0.466 e. The van der Waals surface area contributed by atoms with Gasteiger partial charge in [0.2, 0.25) is 5.91 Å². The molecule has 0 aliphatic heterocycles. The van der Waals surface area contributed by atoms with E-state index in [1.165, 1.54) is 0 Å². The standard InChI is InChI=1S/C19H22N2O4/c1-3-25-19(24)12(2)10-16(17(20)22)21-18(23)15-9-8-13-6-4-5-7-14(13)11-15/h4-9,11-12,16H,3,10H2,1-2H3,(H2,20,22)(H,21,23)/t12-,16+/m0/s1. The van der Waals surface area contributed by atoms with Crippen molar-refractivity contribution in [3.63, 3.8) is 0 Å². The number of hydrogen-bond donors (Lipinski definition) is 2. The van der Waals surface area contributed by atoms with E-state index in [0.717, 1.165) is 10.8 Å². The molecule has 0 aromatic heterocycles. The van der Waals surface area contributed by atoms with Crippen LogP contribution in [0, 0.1) is 5.92 Å². The van der Waals surface area contributed by atoms with Crippen LogP contribution in [0.2, 0.25) is 0 Å². The van der Waals surface area contributed by atoms with Gasteiger partial charge in [-0.3, -0.25) is 14.4 Å². The molecule has 2 atom stereocenters. The quantitative estimate of drug-likeness (QED) is 0.752. The summed E-state index contributed by atoms with van der Waals surface area (Å²) in [7, 11) is 0. The van der Waals surface area contributed by atoms with Gasteiger partial charge in [0, 0.05) is 5.56 Å². The lowest BCUT2D eigenvalue weighted by atomic mass is 10.0. The van der Waals surface area contributed by atoms with E-state index in [9.17, 15) is 14.4 Å². The molecule has 0 heterocycles. The zero-order chi connectivity index (χ0) is 18.4. The van der Waals surface area contributed by atoms with E-state index in [4.69, 9.17) is 10.5 Å². The molecule has 0 aliphatic carbocycles. The van der Waals surface area contributed by atoms with Crippen molar-refractivity contribution < 1.29 is 19.1 Å². The number of rotatable bonds is 7. The van der Waals surface area contributed by atoms with Crippen LogP contribution in [-0.4, -0.2) is 30.4 Å². The number of carbonyl (C=O) groups excluding carboxylic acids is 3. The lowest BCUT2D eigenvalue weighted by molar-refractivity contribution is -0.147. The summed E-state index contributed by atoms with van der Waals surface area (Å²) >= 11 is 0. The van der Waals surface area contributed by atoms with Crippen molar-refractivity contribution in [2.24, 2.45) is 11.7 Å². The Labute approximate surface area is 146 Å². The van der Waals surface area contributed by atoms with Crippen LogP contribution in [0.15, 0.2) is 42.5 Å². The van der Waals surface area contributed by atoms with Crippen molar-refractivity contribution >= 4 is 28.6 Å². The lowest BCUT2D eigenvalue weighted by Gasteiger charge is -2.19. The highest BCUT2D eigenvalue weighted by atomic mass is 16.5. The topological polar surface area (TPSA) is 98.5 Å².